The van der Waals surface area contributed by atoms with E-state index < -0.39 is 22.8 Å². The highest BCUT2D eigenvalue weighted by Gasteiger charge is 2.42. The molecule has 1 amide bonds. The van der Waals surface area contributed by atoms with Crippen LogP contribution in [0.4, 0.5) is 10.1 Å². The zero-order valence-corrected chi connectivity index (χ0v) is 22.3. The minimum absolute atomic E-state index is 0.136. The van der Waals surface area contributed by atoms with Crippen LogP contribution in [0.3, 0.4) is 0 Å². The van der Waals surface area contributed by atoms with Gasteiger partial charge in [-0.15, -0.1) is 0 Å². The molecule has 1 fully saturated rings. The largest absolute Gasteiger partial charge is 0.481 e. The van der Waals surface area contributed by atoms with Crippen molar-refractivity contribution in [2.75, 3.05) is 16.6 Å². The summed E-state index contributed by atoms with van der Waals surface area (Å²) in [5.74, 6) is -1.31. The number of hydrogen-bond donors (Lipinski definition) is 1. The predicted octanol–water partition coefficient (Wildman–Crippen LogP) is 5.98. The summed E-state index contributed by atoms with van der Waals surface area (Å²) in [5.41, 5.74) is 1.14. The minimum Gasteiger partial charge on any atom is -0.481 e. The molecule has 0 heterocycles. The Morgan fingerprint density at radius 2 is 1.78 bits per heavy atom. The number of carbonyl (C=O) groups is 2. The first-order valence-corrected chi connectivity index (χ1v) is 14.1. The van der Waals surface area contributed by atoms with Gasteiger partial charge in [0.1, 0.15) is 16.8 Å². The van der Waals surface area contributed by atoms with Crippen LogP contribution in [0, 0.1) is 11.7 Å². The summed E-state index contributed by atoms with van der Waals surface area (Å²) in [6, 6.07) is 12.9. The number of anilines is 1. The average molecular weight is 537 g/mol. The maximum atomic E-state index is 14.8. The van der Waals surface area contributed by atoms with Crippen molar-refractivity contribution < 1.29 is 23.3 Å². The third kappa shape index (κ3) is 7.29. The Labute approximate surface area is 220 Å². The number of carboxylic acid groups (broad SMARTS) is 1. The summed E-state index contributed by atoms with van der Waals surface area (Å²) in [4.78, 5) is 26.8. The second-order valence-electron chi connectivity index (χ2n) is 9.08. The minimum atomic E-state index is -1.50. The van der Waals surface area contributed by atoms with Crippen LogP contribution >= 0.6 is 11.6 Å². The maximum absolute atomic E-state index is 14.8. The Kier molecular flexibility index (Phi) is 10.3. The number of carboxylic acids is 1. The van der Waals surface area contributed by atoms with Crippen LogP contribution in [0.25, 0.3) is 0 Å². The summed E-state index contributed by atoms with van der Waals surface area (Å²) in [6.07, 6.45) is 2.85. The zero-order chi connectivity index (χ0) is 26.2. The first kappa shape index (κ1) is 28.1. The normalized spacial score (nSPS) is 15.7. The molecule has 196 valence electrons. The van der Waals surface area contributed by atoms with Crippen molar-refractivity contribution in [1.29, 1.82) is 0 Å². The fourth-order valence-electron chi connectivity index (χ4n) is 4.57. The smallest absolute Gasteiger partial charge is 0.303 e. The highest BCUT2D eigenvalue weighted by molar-refractivity contribution is 7.86. The molecule has 0 saturated heterocycles. The molecule has 1 aliphatic rings. The van der Waals surface area contributed by atoms with E-state index in [1.807, 2.05) is 19.1 Å². The van der Waals surface area contributed by atoms with Gasteiger partial charge in [0.15, 0.2) is 0 Å². The lowest BCUT2D eigenvalue weighted by Crippen LogP contribution is -2.50. The highest BCUT2D eigenvalue weighted by atomic mass is 35.5. The Hall–Kier alpha value is -2.45. The molecule has 0 bridgehead atoms. The fraction of sp³-hybridized carbons (Fsp3) is 0.481. The number of amides is 1. The molecule has 3 rings (SSSR count). The van der Waals surface area contributed by atoms with E-state index in [9.17, 15) is 23.3 Å². The van der Waals surface area contributed by atoms with Crippen LogP contribution in [-0.2, 0) is 20.6 Å². The summed E-state index contributed by atoms with van der Waals surface area (Å²) in [6.45, 7) is 4.00. The number of benzene rings is 2. The first-order valence-electron chi connectivity index (χ1n) is 12.5. The summed E-state index contributed by atoms with van der Waals surface area (Å²) in [7, 11) is -1.50. The summed E-state index contributed by atoms with van der Waals surface area (Å²) >= 11 is 6.12. The molecule has 0 aromatic heterocycles. The van der Waals surface area contributed by atoms with Crippen molar-refractivity contribution in [1.82, 2.24) is 4.90 Å². The number of nitrogens with zero attached hydrogens (tertiary/aromatic N) is 2. The highest BCUT2D eigenvalue weighted by Crippen LogP contribution is 2.41. The van der Waals surface area contributed by atoms with E-state index in [-0.39, 0.29) is 49.0 Å². The van der Waals surface area contributed by atoms with Gasteiger partial charge < -0.3 is 10.0 Å². The van der Waals surface area contributed by atoms with Gasteiger partial charge >= 0.3 is 5.97 Å². The quantitative estimate of drug-likeness (QED) is 0.322. The van der Waals surface area contributed by atoms with Gasteiger partial charge in [-0.05, 0) is 55.0 Å². The van der Waals surface area contributed by atoms with Gasteiger partial charge in [-0.1, -0.05) is 56.1 Å². The standard InChI is InChI=1S/C27H34ClFN2O4S/c1-3-7-23(19-12-14-21(28)15-13-19)31(26(32)16-17-27(33)34)25(20-10-11-20)18-30(36(35)4-2)24-9-6-5-8-22(24)29/h5-6,8-9,12-15,20,23,25H,3-4,7,10-11,16-18H2,1-2H3,(H,33,34). The van der Waals surface area contributed by atoms with E-state index in [0.717, 1.165) is 24.8 Å². The number of aliphatic carboxylic acids is 1. The van der Waals surface area contributed by atoms with Gasteiger partial charge in [0, 0.05) is 17.2 Å². The fourth-order valence-corrected chi connectivity index (χ4v) is 5.70. The Balaban J connectivity index is 2.06. The number of carbonyl (C=O) groups excluding carboxylic acids is 1. The van der Waals surface area contributed by atoms with E-state index in [1.54, 1.807) is 46.5 Å². The Morgan fingerprint density at radius 1 is 1.11 bits per heavy atom. The van der Waals surface area contributed by atoms with E-state index in [4.69, 9.17) is 11.6 Å². The molecule has 0 radical (unpaired) electrons. The molecular weight excluding hydrogens is 503 g/mol. The molecule has 0 spiro atoms. The third-order valence-corrected chi connectivity index (χ3v) is 8.07. The van der Waals surface area contributed by atoms with Crippen molar-refractivity contribution in [3.05, 3.63) is 64.9 Å². The first-order chi connectivity index (χ1) is 17.3. The monoisotopic (exact) mass is 536 g/mol. The lowest BCUT2D eigenvalue weighted by Gasteiger charge is -2.41. The second kappa shape index (κ2) is 13.2. The van der Waals surface area contributed by atoms with Crippen LogP contribution in [0.1, 0.15) is 64.0 Å². The summed E-state index contributed by atoms with van der Waals surface area (Å²) < 4.78 is 29.5. The molecule has 3 atom stereocenters. The van der Waals surface area contributed by atoms with Gasteiger partial charge in [-0.2, -0.15) is 0 Å². The predicted molar refractivity (Wildman–Crippen MR) is 142 cm³/mol. The van der Waals surface area contributed by atoms with Gasteiger partial charge in [-0.25, -0.2) is 8.60 Å². The molecule has 1 aliphatic carbocycles. The second-order valence-corrected chi connectivity index (χ2v) is 11.2. The van der Waals surface area contributed by atoms with E-state index in [2.05, 4.69) is 0 Å². The molecule has 36 heavy (non-hydrogen) atoms. The average Bonchev–Trinajstić information content (AvgIpc) is 3.70. The van der Waals surface area contributed by atoms with Crippen molar-refractivity contribution in [2.45, 2.75) is 64.5 Å². The Bertz CT molecular complexity index is 1060. The lowest BCUT2D eigenvalue weighted by molar-refractivity contribution is -0.143. The number of rotatable bonds is 14. The van der Waals surface area contributed by atoms with Crippen LogP contribution < -0.4 is 4.31 Å². The van der Waals surface area contributed by atoms with E-state index >= 15 is 0 Å². The van der Waals surface area contributed by atoms with Gasteiger partial charge in [0.2, 0.25) is 5.91 Å². The Morgan fingerprint density at radius 3 is 2.33 bits per heavy atom. The van der Waals surface area contributed by atoms with Crippen molar-refractivity contribution >= 4 is 40.2 Å². The van der Waals surface area contributed by atoms with Crippen LogP contribution in [-0.4, -0.2) is 44.4 Å². The number of halogens is 2. The number of hydrogen-bond acceptors (Lipinski definition) is 3. The molecule has 9 heteroatoms. The lowest BCUT2D eigenvalue weighted by atomic mass is 9.96. The molecule has 6 nitrogen and oxygen atoms in total. The molecule has 2 aromatic carbocycles. The van der Waals surface area contributed by atoms with Crippen molar-refractivity contribution in [3.8, 4) is 0 Å². The molecule has 3 unspecified atom stereocenters. The van der Waals surface area contributed by atoms with E-state index in [1.165, 1.54) is 6.07 Å². The molecule has 2 aromatic rings. The SMILES string of the molecule is CCCC(c1ccc(Cl)cc1)N(C(=O)CCC(=O)O)C(CN(c1ccccc1F)S(=O)CC)C1CC1. The zero-order valence-electron chi connectivity index (χ0n) is 20.7. The van der Waals surface area contributed by atoms with Gasteiger partial charge in [-0.3, -0.25) is 13.9 Å². The van der Waals surface area contributed by atoms with Gasteiger partial charge in [0.25, 0.3) is 0 Å². The van der Waals surface area contributed by atoms with Crippen molar-refractivity contribution in [3.63, 3.8) is 0 Å². The van der Waals surface area contributed by atoms with Crippen LogP contribution in [0.15, 0.2) is 48.5 Å². The molecule has 1 N–H and O–H groups in total. The molecule has 0 aliphatic heterocycles. The topological polar surface area (TPSA) is 77.9 Å². The summed E-state index contributed by atoms with van der Waals surface area (Å²) in [5, 5.41) is 9.83. The maximum Gasteiger partial charge on any atom is 0.303 e. The van der Waals surface area contributed by atoms with E-state index in [0.29, 0.717) is 17.2 Å². The molecular formula is C27H34ClFN2O4S. The number of para-hydroxylation sites is 1. The van der Waals surface area contributed by atoms with Crippen LogP contribution in [0.2, 0.25) is 5.02 Å². The van der Waals surface area contributed by atoms with Crippen LogP contribution in [0.5, 0.6) is 0 Å². The molecule has 1 saturated carbocycles. The third-order valence-electron chi connectivity index (χ3n) is 6.48. The van der Waals surface area contributed by atoms with Crippen molar-refractivity contribution in [2.24, 2.45) is 5.92 Å². The van der Waals surface area contributed by atoms with Gasteiger partial charge in [0.05, 0.1) is 30.7 Å².